The lowest BCUT2D eigenvalue weighted by molar-refractivity contribution is 0.0953. The van der Waals surface area contributed by atoms with Crippen LogP contribution in [0, 0.1) is 0 Å². The first kappa shape index (κ1) is 17.8. The summed E-state index contributed by atoms with van der Waals surface area (Å²) in [6.45, 7) is 2.24. The van der Waals surface area contributed by atoms with Crippen LogP contribution in [0.15, 0.2) is 42.5 Å². The highest BCUT2D eigenvalue weighted by atomic mass is 16.5. The number of hydrogen-bond acceptors (Lipinski definition) is 5. The van der Waals surface area contributed by atoms with E-state index in [1.165, 1.54) is 0 Å². The van der Waals surface area contributed by atoms with Gasteiger partial charge in [-0.2, -0.15) is 0 Å². The molecule has 6 heteroatoms. The van der Waals surface area contributed by atoms with Gasteiger partial charge in [-0.15, -0.1) is 0 Å². The van der Waals surface area contributed by atoms with Crippen molar-refractivity contribution in [2.75, 3.05) is 7.11 Å². The number of amides is 1. The highest BCUT2D eigenvalue weighted by molar-refractivity contribution is 5.93. The van der Waals surface area contributed by atoms with Gasteiger partial charge in [-0.1, -0.05) is 25.1 Å². The first-order valence-corrected chi connectivity index (χ1v) is 7.67. The van der Waals surface area contributed by atoms with Gasteiger partial charge >= 0.3 is 0 Å². The molecule has 1 atom stereocenters. The number of nitrogens with two attached hydrogens (primary N) is 1. The number of carbonyl (C=O) groups excluding carboxylic acids is 1. The van der Waals surface area contributed by atoms with Crippen molar-refractivity contribution in [1.82, 2.24) is 5.43 Å². The average molecular weight is 330 g/mol. The van der Waals surface area contributed by atoms with Crippen LogP contribution >= 0.6 is 0 Å². The number of hydrazine groups is 1. The Kier molecular flexibility index (Phi) is 6.17. The Morgan fingerprint density at radius 3 is 2.50 bits per heavy atom. The van der Waals surface area contributed by atoms with Crippen molar-refractivity contribution in [2.45, 2.75) is 26.1 Å². The predicted octanol–water partition coefficient (Wildman–Crippen LogP) is 2.32. The predicted molar refractivity (Wildman–Crippen MR) is 90.7 cm³/mol. The minimum absolute atomic E-state index is 0.330. The summed E-state index contributed by atoms with van der Waals surface area (Å²) in [6, 6.07) is 12.3. The van der Waals surface area contributed by atoms with Gasteiger partial charge < -0.3 is 14.6 Å². The smallest absolute Gasteiger partial charge is 0.265 e. The molecular formula is C18H22N2O4. The van der Waals surface area contributed by atoms with E-state index in [0.717, 1.165) is 11.1 Å². The summed E-state index contributed by atoms with van der Waals surface area (Å²) < 4.78 is 11.1. The van der Waals surface area contributed by atoms with Crippen molar-refractivity contribution in [3.05, 3.63) is 59.2 Å². The molecule has 0 radical (unpaired) electrons. The summed E-state index contributed by atoms with van der Waals surface area (Å²) in [6.07, 6.45) is 0.112. The zero-order chi connectivity index (χ0) is 17.5. The van der Waals surface area contributed by atoms with Crippen LogP contribution in [0.4, 0.5) is 0 Å². The summed E-state index contributed by atoms with van der Waals surface area (Å²) in [5.74, 6) is 5.92. The van der Waals surface area contributed by atoms with Crippen LogP contribution in [0.25, 0.3) is 0 Å². The van der Waals surface area contributed by atoms with Gasteiger partial charge in [-0.05, 0) is 41.8 Å². The first-order valence-electron chi connectivity index (χ1n) is 7.67. The molecule has 0 spiro atoms. The largest absolute Gasteiger partial charge is 0.493 e. The van der Waals surface area contributed by atoms with Crippen molar-refractivity contribution in [3.63, 3.8) is 0 Å². The second-order valence-electron chi connectivity index (χ2n) is 5.29. The molecular weight excluding hydrogens is 308 g/mol. The van der Waals surface area contributed by atoms with Crippen LogP contribution in [0.5, 0.6) is 11.5 Å². The Hall–Kier alpha value is -2.57. The van der Waals surface area contributed by atoms with Crippen molar-refractivity contribution in [1.29, 1.82) is 0 Å². The molecule has 24 heavy (non-hydrogen) atoms. The van der Waals surface area contributed by atoms with E-state index in [2.05, 4.69) is 5.43 Å². The molecule has 0 bridgehead atoms. The summed E-state index contributed by atoms with van der Waals surface area (Å²) in [7, 11) is 1.56. The number of carbonyl (C=O) groups is 1. The molecule has 0 saturated carbocycles. The number of nitrogen functional groups attached to an aromatic ring is 1. The molecule has 0 aliphatic carbocycles. The number of nitrogens with one attached hydrogen (secondary N) is 1. The van der Waals surface area contributed by atoms with E-state index < -0.39 is 6.10 Å². The van der Waals surface area contributed by atoms with E-state index in [9.17, 15) is 9.90 Å². The first-order chi connectivity index (χ1) is 11.6. The van der Waals surface area contributed by atoms with Crippen LogP contribution in [0.3, 0.4) is 0 Å². The fourth-order valence-corrected chi connectivity index (χ4v) is 2.24. The molecule has 6 nitrogen and oxygen atoms in total. The number of hydrogen-bond donors (Lipinski definition) is 3. The Balaban J connectivity index is 2.07. The lowest BCUT2D eigenvalue weighted by atomic mass is 10.1. The molecule has 1 unspecified atom stereocenters. The Morgan fingerprint density at radius 1 is 1.21 bits per heavy atom. The molecule has 2 aromatic carbocycles. The number of aliphatic hydroxyl groups is 1. The van der Waals surface area contributed by atoms with Gasteiger partial charge in [0.1, 0.15) is 6.61 Å². The van der Waals surface area contributed by atoms with Gasteiger partial charge in [0, 0.05) is 5.56 Å². The van der Waals surface area contributed by atoms with E-state index in [4.69, 9.17) is 15.3 Å². The Bertz CT molecular complexity index is 686. The fourth-order valence-electron chi connectivity index (χ4n) is 2.24. The summed E-state index contributed by atoms with van der Waals surface area (Å²) in [4.78, 5) is 11.4. The quantitative estimate of drug-likeness (QED) is 0.411. The Labute approximate surface area is 141 Å². The van der Waals surface area contributed by atoms with Crippen LogP contribution in [0.2, 0.25) is 0 Å². The van der Waals surface area contributed by atoms with Gasteiger partial charge in [0.05, 0.1) is 13.2 Å². The van der Waals surface area contributed by atoms with E-state index in [1.54, 1.807) is 43.5 Å². The number of rotatable bonds is 7. The lowest BCUT2D eigenvalue weighted by Crippen LogP contribution is -2.29. The third kappa shape index (κ3) is 4.24. The van der Waals surface area contributed by atoms with Crippen LogP contribution in [-0.4, -0.2) is 18.1 Å². The molecule has 1 amide bonds. The van der Waals surface area contributed by atoms with E-state index >= 15 is 0 Å². The number of methoxy groups -OCH3 is 1. The molecule has 0 fully saturated rings. The zero-order valence-electron chi connectivity index (χ0n) is 13.8. The minimum atomic E-state index is -0.519. The number of aliphatic hydroxyl groups excluding tert-OH is 1. The van der Waals surface area contributed by atoms with Crippen molar-refractivity contribution < 1.29 is 19.4 Å². The molecule has 2 rings (SSSR count). The third-order valence-electron chi connectivity index (χ3n) is 3.70. The molecule has 128 valence electrons. The molecule has 0 aliphatic heterocycles. The van der Waals surface area contributed by atoms with Crippen molar-refractivity contribution in [2.24, 2.45) is 5.84 Å². The fraction of sp³-hybridized carbons (Fsp3) is 0.278. The molecule has 4 N–H and O–H groups in total. The maximum Gasteiger partial charge on any atom is 0.265 e. The highest BCUT2D eigenvalue weighted by Gasteiger charge is 2.11. The Morgan fingerprint density at radius 2 is 1.92 bits per heavy atom. The lowest BCUT2D eigenvalue weighted by Gasteiger charge is -2.14. The maximum atomic E-state index is 11.4. The van der Waals surface area contributed by atoms with Crippen molar-refractivity contribution >= 4 is 5.91 Å². The molecule has 2 aromatic rings. The summed E-state index contributed by atoms with van der Waals surface area (Å²) in [5, 5.41) is 9.90. The molecule has 0 aromatic heterocycles. The standard InChI is InChI=1S/C18H22N2O4/c1-3-15(21)14-8-9-16(17(10-14)23-2)24-11-12-4-6-13(7-5-12)18(22)20-19/h4-10,15,21H,3,11,19H2,1-2H3,(H,20,22). The van der Waals surface area contributed by atoms with E-state index in [-0.39, 0.29) is 5.91 Å². The van der Waals surface area contributed by atoms with Gasteiger partial charge in [0.2, 0.25) is 0 Å². The minimum Gasteiger partial charge on any atom is -0.493 e. The highest BCUT2D eigenvalue weighted by Crippen LogP contribution is 2.31. The number of ether oxygens (including phenoxy) is 2. The van der Waals surface area contributed by atoms with Gasteiger partial charge in [-0.3, -0.25) is 10.2 Å². The average Bonchev–Trinajstić information content (AvgIpc) is 2.65. The van der Waals surface area contributed by atoms with Crippen LogP contribution in [0.1, 0.15) is 40.9 Å². The summed E-state index contributed by atoms with van der Waals surface area (Å²) >= 11 is 0. The molecule has 0 heterocycles. The van der Waals surface area contributed by atoms with Crippen LogP contribution < -0.4 is 20.7 Å². The van der Waals surface area contributed by atoms with Gasteiger partial charge in [0.25, 0.3) is 5.91 Å². The van der Waals surface area contributed by atoms with E-state index in [0.29, 0.717) is 30.1 Å². The normalized spacial score (nSPS) is 11.7. The zero-order valence-corrected chi connectivity index (χ0v) is 13.8. The summed E-state index contributed by atoms with van der Waals surface area (Å²) in [5.41, 5.74) is 4.27. The monoisotopic (exact) mass is 330 g/mol. The topological polar surface area (TPSA) is 93.8 Å². The molecule has 0 saturated heterocycles. The SMILES string of the molecule is CCC(O)c1ccc(OCc2ccc(C(=O)NN)cc2)c(OC)c1. The second kappa shape index (κ2) is 8.33. The van der Waals surface area contributed by atoms with Gasteiger partial charge in [-0.25, -0.2) is 5.84 Å². The van der Waals surface area contributed by atoms with Crippen LogP contribution in [-0.2, 0) is 6.61 Å². The third-order valence-corrected chi connectivity index (χ3v) is 3.70. The maximum absolute atomic E-state index is 11.4. The number of benzene rings is 2. The second-order valence-corrected chi connectivity index (χ2v) is 5.29. The van der Waals surface area contributed by atoms with Crippen molar-refractivity contribution in [3.8, 4) is 11.5 Å². The van der Waals surface area contributed by atoms with E-state index in [1.807, 2.05) is 13.0 Å². The van der Waals surface area contributed by atoms with Gasteiger partial charge in [0.15, 0.2) is 11.5 Å². The molecule has 0 aliphatic rings.